The van der Waals surface area contributed by atoms with Crippen LogP contribution < -0.4 is 11.1 Å². The third-order valence-corrected chi connectivity index (χ3v) is 4.45. The van der Waals surface area contributed by atoms with Gasteiger partial charge in [-0.1, -0.05) is 23.5 Å². The highest BCUT2D eigenvalue weighted by atomic mass is 32.1. The zero-order chi connectivity index (χ0) is 14.1. The number of ether oxygens (including phenoxy) is 1. The van der Waals surface area contributed by atoms with Gasteiger partial charge < -0.3 is 10.5 Å². The van der Waals surface area contributed by atoms with Crippen molar-refractivity contribution in [3.63, 3.8) is 0 Å². The van der Waals surface area contributed by atoms with E-state index in [4.69, 9.17) is 10.5 Å². The van der Waals surface area contributed by atoms with Gasteiger partial charge in [-0.15, -0.1) is 0 Å². The van der Waals surface area contributed by atoms with Gasteiger partial charge in [0, 0.05) is 6.54 Å². The van der Waals surface area contributed by atoms with Crippen LogP contribution in [0.15, 0.2) is 18.2 Å². The number of hydrogen-bond donors (Lipinski definition) is 2. The minimum atomic E-state index is -0.406. The Morgan fingerprint density at radius 3 is 3.10 bits per heavy atom. The van der Waals surface area contributed by atoms with Crippen molar-refractivity contribution in [2.45, 2.75) is 32.0 Å². The average molecular weight is 291 g/mol. The molecule has 3 N–H and O–H groups in total. The minimum absolute atomic E-state index is 0.00311. The number of nitrogens with zero attached hydrogens (tertiary/aromatic N) is 1. The van der Waals surface area contributed by atoms with Crippen molar-refractivity contribution in [2.24, 2.45) is 5.73 Å². The van der Waals surface area contributed by atoms with Gasteiger partial charge in [0.2, 0.25) is 0 Å². The number of anilines is 1. The smallest absolute Gasteiger partial charge is 0.255 e. The number of aryl methyl sites for hydroxylation is 1. The molecule has 6 heteroatoms. The molecule has 1 amide bonds. The van der Waals surface area contributed by atoms with Gasteiger partial charge >= 0.3 is 0 Å². The molecule has 1 saturated heterocycles. The van der Waals surface area contributed by atoms with Gasteiger partial charge in [-0.2, -0.15) is 0 Å². The number of aromatic nitrogens is 1. The Hall–Kier alpha value is -1.50. The first-order chi connectivity index (χ1) is 9.67. The number of benzene rings is 1. The number of para-hydroxylation sites is 1. The normalized spacial score (nSPS) is 22.3. The summed E-state index contributed by atoms with van der Waals surface area (Å²) in [5, 5.41) is 3.47. The van der Waals surface area contributed by atoms with Gasteiger partial charge in [0.15, 0.2) is 5.13 Å². The van der Waals surface area contributed by atoms with E-state index < -0.39 is 6.10 Å². The van der Waals surface area contributed by atoms with Gasteiger partial charge in [0.05, 0.1) is 16.3 Å². The van der Waals surface area contributed by atoms with Crippen molar-refractivity contribution < 1.29 is 9.53 Å². The van der Waals surface area contributed by atoms with Crippen LogP contribution in [-0.2, 0) is 9.53 Å². The Morgan fingerprint density at radius 2 is 2.40 bits per heavy atom. The lowest BCUT2D eigenvalue weighted by Gasteiger charge is -2.11. The number of carbonyl (C=O) groups is 1. The summed E-state index contributed by atoms with van der Waals surface area (Å²) in [5.74, 6) is -0.127. The van der Waals surface area contributed by atoms with Gasteiger partial charge in [-0.05, 0) is 31.4 Å². The number of amides is 1. The molecule has 0 aliphatic carbocycles. The molecular formula is C14H17N3O2S. The predicted octanol–water partition coefficient (Wildman–Crippen LogP) is 2.05. The summed E-state index contributed by atoms with van der Waals surface area (Å²) in [6, 6.07) is 6.01. The quantitative estimate of drug-likeness (QED) is 0.907. The highest BCUT2D eigenvalue weighted by Crippen LogP contribution is 2.28. The molecule has 0 radical (unpaired) electrons. The summed E-state index contributed by atoms with van der Waals surface area (Å²) >= 11 is 1.48. The van der Waals surface area contributed by atoms with E-state index in [9.17, 15) is 4.79 Å². The van der Waals surface area contributed by atoms with E-state index in [0.717, 1.165) is 28.6 Å². The second-order valence-corrected chi connectivity index (χ2v) is 6.02. The van der Waals surface area contributed by atoms with Crippen LogP contribution in [0.25, 0.3) is 10.2 Å². The topological polar surface area (TPSA) is 77.2 Å². The Balaban J connectivity index is 1.73. The molecule has 20 heavy (non-hydrogen) atoms. The summed E-state index contributed by atoms with van der Waals surface area (Å²) in [6.07, 6.45) is 1.16. The van der Waals surface area contributed by atoms with Crippen molar-refractivity contribution in [3.8, 4) is 0 Å². The first-order valence-electron chi connectivity index (χ1n) is 6.70. The van der Waals surface area contributed by atoms with E-state index in [0.29, 0.717) is 11.7 Å². The Bertz CT molecular complexity index is 640. The van der Waals surface area contributed by atoms with Gasteiger partial charge in [0.25, 0.3) is 5.91 Å². The molecule has 0 unspecified atom stereocenters. The second kappa shape index (κ2) is 5.47. The Labute approximate surface area is 121 Å². The third-order valence-electron chi connectivity index (χ3n) is 3.51. The maximum atomic E-state index is 12.1. The van der Waals surface area contributed by atoms with Crippen LogP contribution >= 0.6 is 11.3 Å². The SMILES string of the molecule is Cc1cccc2sc(NC(=O)[C@@H]3CC[C@H](CN)O3)nc12. The van der Waals surface area contributed by atoms with Crippen molar-refractivity contribution in [3.05, 3.63) is 23.8 Å². The number of carbonyl (C=O) groups excluding carboxylic acids is 1. The molecule has 1 fully saturated rings. The molecule has 2 heterocycles. The Kier molecular flexibility index (Phi) is 3.69. The summed E-state index contributed by atoms with van der Waals surface area (Å²) in [7, 11) is 0. The van der Waals surface area contributed by atoms with Crippen molar-refractivity contribution in [2.75, 3.05) is 11.9 Å². The molecule has 3 rings (SSSR count). The zero-order valence-electron chi connectivity index (χ0n) is 11.3. The lowest BCUT2D eigenvalue weighted by molar-refractivity contribution is -0.126. The zero-order valence-corrected chi connectivity index (χ0v) is 12.1. The number of fused-ring (bicyclic) bond motifs is 1. The molecule has 106 valence electrons. The predicted molar refractivity (Wildman–Crippen MR) is 79.9 cm³/mol. The molecule has 0 bridgehead atoms. The maximum absolute atomic E-state index is 12.1. The van der Waals surface area contributed by atoms with Crippen LogP contribution in [0.2, 0.25) is 0 Å². The minimum Gasteiger partial charge on any atom is -0.364 e. The molecule has 5 nitrogen and oxygen atoms in total. The van der Waals surface area contributed by atoms with E-state index >= 15 is 0 Å². The van der Waals surface area contributed by atoms with E-state index in [2.05, 4.69) is 10.3 Å². The first kappa shape index (κ1) is 13.5. The van der Waals surface area contributed by atoms with Crippen molar-refractivity contribution in [1.29, 1.82) is 0 Å². The summed E-state index contributed by atoms with van der Waals surface area (Å²) < 4.78 is 6.66. The third kappa shape index (κ3) is 2.54. The molecule has 1 aliphatic rings. The van der Waals surface area contributed by atoms with E-state index in [1.165, 1.54) is 11.3 Å². The number of hydrogen-bond acceptors (Lipinski definition) is 5. The van der Waals surface area contributed by atoms with Crippen LogP contribution in [0.1, 0.15) is 18.4 Å². The van der Waals surface area contributed by atoms with Crippen LogP contribution in [-0.4, -0.2) is 29.6 Å². The molecule has 2 atom stereocenters. The second-order valence-electron chi connectivity index (χ2n) is 4.99. The Morgan fingerprint density at radius 1 is 1.55 bits per heavy atom. The van der Waals surface area contributed by atoms with Crippen LogP contribution in [0, 0.1) is 6.92 Å². The molecule has 1 aromatic heterocycles. The standard InChI is InChI=1S/C14H17N3O2S/c1-8-3-2-4-11-12(8)16-14(20-11)17-13(18)10-6-5-9(7-15)19-10/h2-4,9-10H,5-7,15H2,1H3,(H,16,17,18)/t9-,10+/m1/s1. The summed E-state index contributed by atoms with van der Waals surface area (Å²) in [4.78, 5) is 16.6. The molecule has 2 aromatic rings. The molecule has 0 saturated carbocycles. The largest absolute Gasteiger partial charge is 0.364 e. The van der Waals surface area contributed by atoms with Crippen LogP contribution in [0.3, 0.4) is 0 Å². The molecular weight excluding hydrogens is 274 g/mol. The van der Waals surface area contributed by atoms with Crippen molar-refractivity contribution >= 4 is 32.6 Å². The number of nitrogens with one attached hydrogen (secondary N) is 1. The average Bonchev–Trinajstić information content (AvgIpc) is 3.05. The fourth-order valence-corrected chi connectivity index (χ4v) is 3.34. The van der Waals surface area contributed by atoms with E-state index in [1.807, 2.05) is 25.1 Å². The van der Waals surface area contributed by atoms with E-state index in [-0.39, 0.29) is 12.0 Å². The number of thiazole rings is 1. The number of nitrogens with two attached hydrogens (primary N) is 1. The van der Waals surface area contributed by atoms with Crippen LogP contribution in [0.5, 0.6) is 0 Å². The maximum Gasteiger partial charge on any atom is 0.255 e. The van der Waals surface area contributed by atoms with Gasteiger partial charge in [-0.3, -0.25) is 10.1 Å². The lowest BCUT2D eigenvalue weighted by Crippen LogP contribution is -2.29. The monoisotopic (exact) mass is 291 g/mol. The summed E-state index contributed by atoms with van der Waals surface area (Å²) in [5.41, 5.74) is 7.60. The van der Waals surface area contributed by atoms with E-state index in [1.54, 1.807) is 0 Å². The molecule has 0 spiro atoms. The van der Waals surface area contributed by atoms with Gasteiger partial charge in [0.1, 0.15) is 6.10 Å². The molecule has 1 aromatic carbocycles. The van der Waals surface area contributed by atoms with Crippen molar-refractivity contribution in [1.82, 2.24) is 4.98 Å². The van der Waals surface area contributed by atoms with Crippen LogP contribution in [0.4, 0.5) is 5.13 Å². The molecule has 1 aliphatic heterocycles. The lowest BCUT2D eigenvalue weighted by atomic mass is 10.2. The van der Waals surface area contributed by atoms with Gasteiger partial charge in [-0.25, -0.2) is 4.98 Å². The first-order valence-corrected chi connectivity index (χ1v) is 7.51. The summed E-state index contributed by atoms with van der Waals surface area (Å²) in [6.45, 7) is 2.48. The highest BCUT2D eigenvalue weighted by molar-refractivity contribution is 7.22. The fourth-order valence-electron chi connectivity index (χ4n) is 2.40. The number of rotatable bonds is 3. The highest BCUT2D eigenvalue weighted by Gasteiger charge is 2.30. The fraction of sp³-hybridized carbons (Fsp3) is 0.429.